The van der Waals surface area contributed by atoms with Gasteiger partial charge in [0, 0.05) is 18.5 Å². The van der Waals surface area contributed by atoms with Crippen molar-refractivity contribution >= 4 is 34.4 Å². The molecule has 1 aliphatic heterocycles. The Kier molecular flexibility index (Phi) is 6.35. The second-order valence-corrected chi connectivity index (χ2v) is 7.85. The fourth-order valence-corrected chi connectivity index (χ4v) is 3.88. The third-order valence-corrected chi connectivity index (χ3v) is 5.60. The van der Waals surface area contributed by atoms with E-state index in [0.29, 0.717) is 11.1 Å². The van der Waals surface area contributed by atoms with Crippen LogP contribution in [0.15, 0.2) is 66.7 Å². The quantitative estimate of drug-likeness (QED) is 0.525. The Hall–Kier alpha value is -4.20. The standard InChI is InChI=1S/C25H24N4O4/c1-16(19-12-6-9-17-7-2-4-10-20(17)19)27-23(31)21-11-5-3-8-18(21)15-26-24(32)25(33)29-14-13-22(30)28-29/h2-12,16H,13-15H2,1H3,(H,26,32)(H,27,31)(H,28,30)/t16-/m1/s1. The predicted molar refractivity (Wildman–Crippen MR) is 123 cm³/mol. The van der Waals surface area contributed by atoms with Crippen molar-refractivity contribution in [2.24, 2.45) is 0 Å². The summed E-state index contributed by atoms with van der Waals surface area (Å²) in [7, 11) is 0. The minimum absolute atomic E-state index is 0.00139. The molecule has 168 valence electrons. The Balaban J connectivity index is 1.44. The van der Waals surface area contributed by atoms with Crippen molar-refractivity contribution in [3.05, 3.63) is 83.4 Å². The van der Waals surface area contributed by atoms with Crippen molar-refractivity contribution in [3.63, 3.8) is 0 Å². The summed E-state index contributed by atoms with van der Waals surface area (Å²) in [5, 5.41) is 8.72. The number of rotatable bonds is 5. The first-order valence-electron chi connectivity index (χ1n) is 10.7. The summed E-state index contributed by atoms with van der Waals surface area (Å²) >= 11 is 0. The summed E-state index contributed by atoms with van der Waals surface area (Å²) < 4.78 is 0. The number of hydrazine groups is 1. The maximum absolute atomic E-state index is 13.1. The third kappa shape index (κ3) is 4.85. The number of amides is 4. The topological polar surface area (TPSA) is 108 Å². The van der Waals surface area contributed by atoms with E-state index >= 15 is 0 Å². The molecule has 0 spiro atoms. The predicted octanol–water partition coefficient (Wildman–Crippen LogP) is 2.21. The summed E-state index contributed by atoms with van der Waals surface area (Å²) in [6.07, 6.45) is 0.164. The van der Waals surface area contributed by atoms with Gasteiger partial charge in [-0.2, -0.15) is 0 Å². The van der Waals surface area contributed by atoms with Crippen LogP contribution < -0.4 is 16.1 Å². The van der Waals surface area contributed by atoms with E-state index in [1.165, 1.54) is 0 Å². The second kappa shape index (κ2) is 9.52. The van der Waals surface area contributed by atoms with Gasteiger partial charge in [0.05, 0.1) is 12.6 Å². The molecule has 0 aliphatic carbocycles. The van der Waals surface area contributed by atoms with Crippen molar-refractivity contribution in [2.45, 2.75) is 25.9 Å². The van der Waals surface area contributed by atoms with Crippen molar-refractivity contribution in [1.29, 1.82) is 0 Å². The molecule has 8 nitrogen and oxygen atoms in total. The lowest BCUT2D eigenvalue weighted by Gasteiger charge is -2.18. The van der Waals surface area contributed by atoms with Gasteiger partial charge >= 0.3 is 11.8 Å². The lowest BCUT2D eigenvalue weighted by Crippen LogP contribution is -2.47. The van der Waals surface area contributed by atoms with E-state index in [1.807, 2.05) is 49.4 Å². The van der Waals surface area contributed by atoms with Crippen molar-refractivity contribution in [3.8, 4) is 0 Å². The summed E-state index contributed by atoms with van der Waals surface area (Å²) in [6.45, 7) is 2.07. The maximum atomic E-state index is 13.1. The van der Waals surface area contributed by atoms with Crippen LogP contribution in [0.2, 0.25) is 0 Å². The van der Waals surface area contributed by atoms with Gasteiger partial charge in [-0.3, -0.25) is 24.6 Å². The van der Waals surface area contributed by atoms with Crippen LogP contribution in [0.25, 0.3) is 10.8 Å². The van der Waals surface area contributed by atoms with Gasteiger partial charge in [-0.05, 0) is 34.9 Å². The van der Waals surface area contributed by atoms with E-state index in [4.69, 9.17) is 0 Å². The molecule has 4 rings (SSSR count). The number of hydrogen-bond acceptors (Lipinski definition) is 4. The molecule has 8 heteroatoms. The highest BCUT2D eigenvalue weighted by atomic mass is 16.2. The van der Waals surface area contributed by atoms with Gasteiger partial charge in [-0.1, -0.05) is 60.7 Å². The molecule has 0 saturated carbocycles. The van der Waals surface area contributed by atoms with E-state index in [9.17, 15) is 19.2 Å². The van der Waals surface area contributed by atoms with Crippen LogP contribution in [0.1, 0.15) is 40.9 Å². The zero-order valence-corrected chi connectivity index (χ0v) is 18.1. The zero-order valence-electron chi connectivity index (χ0n) is 18.1. The van der Waals surface area contributed by atoms with Gasteiger partial charge in [0.15, 0.2) is 0 Å². The molecule has 1 heterocycles. The lowest BCUT2D eigenvalue weighted by molar-refractivity contribution is -0.147. The largest absolute Gasteiger partial charge is 0.345 e. The summed E-state index contributed by atoms with van der Waals surface area (Å²) in [5.74, 6) is -2.28. The van der Waals surface area contributed by atoms with Crippen LogP contribution in [0.5, 0.6) is 0 Å². The molecule has 0 aromatic heterocycles. The van der Waals surface area contributed by atoms with Crippen molar-refractivity contribution in [1.82, 2.24) is 21.1 Å². The van der Waals surface area contributed by atoms with Crippen LogP contribution in [0, 0.1) is 0 Å². The Labute approximate surface area is 190 Å². The Morgan fingerprint density at radius 1 is 1.00 bits per heavy atom. The van der Waals surface area contributed by atoms with E-state index in [1.54, 1.807) is 24.3 Å². The van der Waals surface area contributed by atoms with Crippen LogP contribution in [0.4, 0.5) is 0 Å². The fourth-order valence-electron chi connectivity index (χ4n) is 3.88. The van der Waals surface area contributed by atoms with Crippen LogP contribution in [0.3, 0.4) is 0 Å². The van der Waals surface area contributed by atoms with Gasteiger partial charge in [0.25, 0.3) is 5.91 Å². The van der Waals surface area contributed by atoms with Gasteiger partial charge < -0.3 is 10.6 Å². The van der Waals surface area contributed by atoms with Crippen LogP contribution >= 0.6 is 0 Å². The lowest BCUT2D eigenvalue weighted by atomic mass is 9.99. The molecular formula is C25H24N4O4. The number of nitrogens with one attached hydrogen (secondary N) is 3. The molecule has 1 atom stereocenters. The monoisotopic (exact) mass is 444 g/mol. The molecular weight excluding hydrogens is 420 g/mol. The molecule has 3 N–H and O–H groups in total. The average Bonchev–Trinajstić information content (AvgIpc) is 3.27. The van der Waals surface area contributed by atoms with E-state index in [2.05, 4.69) is 16.1 Å². The molecule has 1 saturated heterocycles. The fraction of sp³-hybridized carbons (Fsp3) is 0.200. The number of nitrogens with zero attached hydrogens (tertiary/aromatic N) is 1. The highest BCUT2D eigenvalue weighted by molar-refractivity contribution is 6.35. The Morgan fingerprint density at radius 3 is 2.52 bits per heavy atom. The average molecular weight is 444 g/mol. The van der Waals surface area contributed by atoms with Crippen molar-refractivity contribution < 1.29 is 19.2 Å². The first-order valence-corrected chi connectivity index (χ1v) is 10.7. The number of hydrogen-bond donors (Lipinski definition) is 3. The number of carbonyl (C=O) groups is 4. The van der Waals surface area contributed by atoms with E-state index in [-0.39, 0.29) is 37.4 Å². The van der Waals surface area contributed by atoms with Crippen molar-refractivity contribution in [2.75, 3.05) is 6.54 Å². The van der Waals surface area contributed by atoms with Gasteiger partial charge in [-0.25, -0.2) is 5.01 Å². The first kappa shape index (κ1) is 22.0. The third-order valence-electron chi connectivity index (χ3n) is 5.60. The molecule has 0 radical (unpaired) electrons. The molecule has 33 heavy (non-hydrogen) atoms. The second-order valence-electron chi connectivity index (χ2n) is 7.85. The number of benzene rings is 3. The Bertz CT molecular complexity index is 1230. The SMILES string of the molecule is C[C@@H](NC(=O)c1ccccc1CNC(=O)C(=O)N1CCC(=O)N1)c1cccc2ccccc12. The summed E-state index contributed by atoms with van der Waals surface area (Å²) in [6, 6.07) is 20.6. The molecule has 3 aromatic rings. The summed E-state index contributed by atoms with van der Waals surface area (Å²) in [4.78, 5) is 48.7. The minimum atomic E-state index is -0.850. The molecule has 3 aromatic carbocycles. The highest BCUT2D eigenvalue weighted by Crippen LogP contribution is 2.24. The van der Waals surface area contributed by atoms with Crippen LogP contribution in [-0.2, 0) is 20.9 Å². The summed E-state index contributed by atoms with van der Waals surface area (Å²) in [5.41, 5.74) is 4.32. The normalized spacial score (nSPS) is 14.0. The molecule has 0 bridgehead atoms. The van der Waals surface area contributed by atoms with E-state index in [0.717, 1.165) is 21.3 Å². The maximum Gasteiger partial charge on any atom is 0.330 e. The zero-order chi connectivity index (χ0) is 23.4. The van der Waals surface area contributed by atoms with Gasteiger partial charge in [0.1, 0.15) is 0 Å². The smallest absolute Gasteiger partial charge is 0.330 e. The van der Waals surface area contributed by atoms with Gasteiger partial charge in [-0.15, -0.1) is 0 Å². The number of carbonyl (C=O) groups excluding carboxylic acids is 4. The highest BCUT2D eigenvalue weighted by Gasteiger charge is 2.28. The van der Waals surface area contributed by atoms with Crippen LogP contribution in [-0.4, -0.2) is 35.2 Å². The molecule has 1 fully saturated rings. The Morgan fingerprint density at radius 2 is 1.73 bits per heavy atom. The van der Waals surface area contributed by atoms with E-state index < -0.39 is 11.8 Å². The minimum Gasteiger partial charge on any atom is -0.345 e. The molecule has 0 unspecified atom stereocenters. The first-order chi connectivity index (χ1) is 15.9. The van der Waals surface area contributed by atoms with Gasteiger partial charge in [0.2, 0.25) is 5.91 Å². The number of fused-ring (bicyclic) bond motifs is 1. The molecule has 4 amide bonds. The molecule has 1 aliphatic rings.